The van der Waals surface area contributed by atoms with Crippen LogP contribution in [0.1, 0.15) is 30.1 Å². The summed E-state index contributed by atoms with van der Waals surface area (Å²) in [4.78, 5) is 28.0. The second-order valence-electron chi connectivity index (χ2n) is 8.76. The van der Waals surface area contributed by atoms with Crippen LogP contribution in [0.4, 0.5) is 11.4 Å². The van der Waals surface area contributed by atoms with E-state index in [1.165, 1.54) is 33.2 Å². The number of benzene rings is 3. The lowest BCUT2D eigenvalue weighted by Crippen LogP contribution is -2.31. The SMILES string of the molecule is CC(OC(=O)c1cc(S(=O)(=O)N(C)C)ccc1N1CCCC1)C(=O)Nc1ccc2ccccc2c1. The number of anilines is 2. The van der Waals surface area contributed by atoms with Gasteiger partial charge in [0, 0.05) is 32.9 Å². The third-order valence-corrected chi connectivity index (χ3v) is 7.89. The summed E-state index contributed by atoms with van der Waals surface area (Å²) in [5, 5.41) is 4.81. The Morgan fingerprint density at radius 2 is 1.66 bits per heavy atom. The standard InChI is InChI=1S/C26H29N3O5S/c1-18(25(30)27-21-11-10-19-8-4-5-9-20(19)16-21)34-26(31)23-17-22(35(32,33)28(2)3)12-13-24(23)29-14-6-7-15-29/h4-5,8-13,16-18H,6-7,14-15H2,1-3H3,(H,27,30). The molecule has 1 unspecified atom stereocenters. The van der Waals surface area contributed by atoms with Crippen molar-refractivity contribution < 1.29 is 22.7 Å². The van der Waals surface area contributed by atoms with Gasteiger partial charge in [-0.05, 0) is 60.9 Å². The Labute approximate surface area is 205 Å². The van der Waals surface area contributed by atoms with E-state index in [0.717, 1.165) is 41.0 Å². The summed E-state index contributed by atoms with van der Waals surface area (Å²) >= 11 is 0. The number of nitrogens with zero attached hydrogens (tertiary/aromatic N) is 2. The van der Waals surface area contributed by atoms with E-state index in [4.69, 9.17) is 4.74 Å². The van der Waals surface area contributed by atoms with Crippen LogP contribution in [0.5, 0.6) is 0 Å². The Morgan fingerprint density at radius 3 is 2.34 bits per heavy atom. The van der Waals surface area contributed by atoms with Crippen LogP contribution in [0, 0.1) is 0 Å². The quantitative estimate of drug-likeness (QED) is 0.500. The highest BCUT2D eigenvalue weighted by atomic mass is 32.2. The van der Waals surface area contributed by atoms with Crippen molar-refractivity contribution in [3.8, 4) is 0 Å². The average molecular weight is 496 g/mol. The van der Waals surface area contributed by atoms with Gasteiger partial charge in [0.05, 0.1) is 16.1 Å². The maximum Gasteiger partial charge on any atom is 0.341 e. The van der Waals surface area contributed by atoms with E-state index in [1.807, 2.05) is 41.3 Å². The molecule has 3 aromatic rings. The molecule has 1 atom stereocenters. The predicted octanol–water partition coefficient (Wildman–Crippen LogP) is 3.87. The molecule has 0 bridgehead atoms. The zero-order valence-electron chi connectivity index (χ0n) is 20.0. The average Bonchev–Trinajstić information content (AvgIpc) is 3.38. The van der Waals surface area contributed by atoms with Gasteiger partial charge in [-0.2, -0.15) is 0 Å². The molecule has 1 heterocycles. The molecule has 184 valence electrons. The molecule has 1 aliphatic heterocycles. The fourth-order valence-corrected chi connectivity index (χ4v) is 5.00. The van der Waals surface area contributed by atoms with Crippen molar-refractivity contribution >= 4 is 44.0 Å². The lowest BCUT2D eigenvalue weighted by Gasteiger charge is -2.23. The second-order valence-corrected chi connectivity index (χ2v) is 10.9. The Kier molecular flexibility index (Phi) is 7.09. The number of carbonyl (C=O) groups is 2. The second kappa shape index (κ2) is 10.1. The first-order valence-electron chi connectivity index (χ1n) is 11.5. The van der Waals surface area contributed by atoms with Crippen molar-refractivity contribution in [3.05, 3.63) is 66.2 Å². The fraction of sp³-hybridized carbons (Fsp3) is 0.308. The fourth-order valence-electron chi connectivity index (χ4n) is 4.07. The van der Waals surface area contributed by atoms with Crippen LogP contribution < -0.4 is 10.2 Å². The molecule has 35 heavy (non-hydrogen) atoms. The molecular weight excluding hydrogens is 466 g/mol. The number of nitrogens with one attached hydrogen (secondary N) is 1. The van der Waals surface area contributed by atoms with Gasteiger partial charge >= 0.3 is 5.97 Å². The minimum atomic E-state index is -3.75. The van der Waals surface area contributed by atoms with Gasteiger partial charge < -0.3 is 15.0 Å². The molecule has 0 radical (unpaired) electrons. The normalized spacial score (nSPS) is 14.8. The number of esters is 1. The largest absolute Gasteiger partial charge is 0.449 e. The zero-order valence-corrected chi connectivity index (χ0v) is 20.8. The number of carbonyl (C=O) groups excluding carboxylic acids is 2. The van der Waals surface area contributed by atoms with E-state index in [2.05, 4.69) is 5.32 Å². The summed E-state index contributed by atoms with van der Waals surface area (Å²) in [5.41, 5.74) is 1.32. The smallest absolute Gasteiger partial charge is 0.341 e. The topological polar surface area (TPSA) is 96.0 Å². The van der Waals surface area contributed by atoms with Crippen molar-refractivity contribution in [1.29, 1.82) is 0 Å². The minimum Gasteiger partial charge on any atom is -0.449 e. The zero-order chi connectivity index (χ0) is 25.2. The highest BCUT2D eigenvalue weighted by Crippen LogP contribution is 2.29. The maximum absolute atomic E-state index is 13.2. The van der Waals surface area contributed by atoms with Gasteiger partial charge in [0.1, 0.15) is 0 Å². The van der Waals surface area contributed by atoms with E-state index >= 15 is 0 Å². The summed E-state index contributed by atoms with van der Waals surface area (Å²) in [6.45, 7) is 3.01. The summed E-state index contributed by atoms with van der Waals surface area (Å²) in [5.74, 6) is -1.22. The number of fused-ring (bicyclic) bond motifs is 1. The Balaban J connectivity index is 1.55. The number of ether oxygens (including phenoxy) is 1. The minimum absolute atomic E-state index is 0.00864. The van der Waals surface area contributed by atoms with Crippen molar-refractivity contribution in [3.63, 3.8) is 0 Å². The Morgan fingerprint density at radius 1 is 0.971 bits per heavy atom. The Bertz CT molecular complexity index is 1360. The first kappa shape index (κ1) is 24.7. The monoisotopic (exact) mass is 495 g/mol. The molecule has 1 saturated heterocycles. The molecular formula is C26H29N3O5S. The van der Waals surface area contributed by atoms with Crippen LogP contribution in [0.2, 0.25) is 0 Å². The third-order valence-electron chi connectivity index (χ3n) is 6.08. The van der Waals surface area contributed by atoms with Gasteiger partial charge in [-0.3, -0.25) is 4.79 Å². The number of hydrogen-bond donors (Lipinski definition) is 1. The lowest BCUT2D eigenvalue weighted by molar-refractivity contribution is -0.123. The van der Waals surface area contributed by atoms with E-state index < -0.39 is 28.0 Å². The Hall–Kier alpha value is -3.43. The van der Waals surface area contributed by atoms with Gasteiger partial charge in [0.25, 0.3) is 5.91 Å². The molecule has 1 amide bonds. The molecule has 1 aliphatic rings. The molecule has 3 aromatic carbocycles. The van der Waals surface area contributed by atoms with Gasteiger partial charge in [-0.25, -0.2) is 17.5 Å². The molecule has 8 nitrogen and oxygen atoms in total. The number of hydrogen-bond acceptors (Lipinski definition) is 6. The molecule has 0 spiro atoms. The number of rotatable bonds is 7. The molecule has 0 aliphatic carbocycles. The van der Waals surface area contributed by atoms with E-state index in [9.17, 15) is 18.0 Å². The van der Waals surface area contributed by atoms with Crippen LogP contribution in [-0.2, 0) is 19.6 Å². The maximum atomic E-state index is 13.2. The highest BCUT2D eigenvalue weighted by molar-refractivity contribution is 7.89. The van der Waals surface area contributed by atoms with Crippen molar-refractivity contribution in [2.75, 3.05) is 37.4 Å². The lowest BCUT2D eigenvalue weighted by atomic mass is 10.1. The van der Waals surface area contributed by atoms with E-state index in [-0.39, 0.29) is 10.5 Å². The number of amides is 1. The third kappa shape index (κ3) is 5.31. The van der Waals surface area contributed by atoms with Gasteiger partial charge in [0.2, 0.25) is 10.0 Å². The molecule has 1 fully saturated rings. The number of sulfonamides is 1. The van der Waals surface area contributed by atoms with E-state index in [1.54, 1.807) is 12.1 Å². The summed E-state index contributed by atoms with van der Waals surface area (Å²) in [6, 6.07) is 17.8. The van der Waals surface area contributed by atoms with Crippen LogP contribution in [0.15, 0.2) is 65.6 Å². The van der Waals surface area contributed by atoms with Gasteiger partial charge in [-0.1, -0.05) is 30.3 Å². The van der Waals surface area contributed by atoms with Crippen molar-refractivity contribution in [2.24, 2.45) is 0 Å². The molecule has 0 saturated carbocycles. The summed E-state index contributed by atoms with van der Waals surface area (Å²) in [6.07, 6.45) is 0.877. The molecule has 1 N–H and O–H groups in total. The van der Waals surface area contributed by atoms with Gasteiger partial charge in [0.15, 0.2) is 6.10 Å². The molecule has 4 rings (SSSR count). The van der Waals surface area contributed by atoms with Crippen molar-refractivity contribution in [1.82, 2.24) is 4.31 Å². The molecule has 0 aromatic heterocycles. The summed E-state index contributed by atoms with van der Waals surface area (Å²) < 4.78 is 31.9. The predicted molar refractivity (Wildman–Crippen MR) is 136 cm³/mol. The first-order chi connectivity index (χ1) is 16.7. The van der Waals surface area contributed by atoms with Crippen LogP contribution >= 0.6 is 0 Å². The van der Waals surface area contributed by atoms with Crippen LogP contribution in [0.25, 0.3) is 10.8 Å². The summed E-state index contributed by atoms with van der Waals surface area (Å²) in [7, 11) is -0.886. The van der Waals surface area contributed by atoms with E-state index in [0.29, 0.717) is 11.4 Å². The van der Waals surface area contributed by atoms with Crippen molar-refractivity contribution in [2.45, 2.75) is 30.8 Å². The van der Waals surface area contributed by atoms with Gasteiger partial charge in [-0.15, -0.1) is 0 Å². The first-order valence-corrected chi connectivity index (χ1v) is 12.9. The highest BCUT2D eigenvalue weighted by Gasteiger charge is 2.27. The van der Waals surface area contributed by atoms with Crippen LogP contribution in [0.3, 0.4) is 0 Å². The molecule has 9 heteroatoms. The van der Waals surface area contributed by atoms with Crippen LogP contribution in [-0.4, -0.2) is 57.9 Å².